The fourth-order valence-corrected chi connectivity index (χ4v) is 4.33. The number of amides is 2. The van der Waals surface area contributed by atoms with E-state index in [1.807, 2.05) is 0 Å². The van der Waals surface area contributed by atoms with Crippen LogP contribution in [0.15, 0.2) is 18.3 Å². The number of rotatable bonds is 4. The number of halogens is 5. The van der Waals surface area contributed by atoms with E-state index >= 15 is 0 Å². The van der Waals surface area contributed by atoms with Gasteiger partial charge in [-0.15, -0.1) is 0 Å². The van der Waals surface area contributed by atoms with Gasteiger partial charge in [-0.2, -0.15) is 18.2 Å². The Morgan fingerprint density at radius 1 is 1.21 bits per heavy atom. The van der Waals surface area contributed by atoms with Crippen LogP contribution in [0, 0.1) is 0 Å². The van der Waals surface area contributed by atoms with Gasteiger partial charge in [0, 0.05) is 33.2 Å². The lowest BCUT2D eigenvalue weighted by Gasteiger charge is -2.32. The van der Waals surface area contributed by atoms with Crippen molar-refractivity contribution in [1.82, 2.24) is 29.7 Å². The summed E-state index contributed by atoms with van der Waals surface area (Å²) in [7, 11) is 3.28. The smallest absolute Gasteiger partial charge is 0.350 e. The van der Waals surface area contributed by atoms with Crippen molar-refractivity contribution in [2.24, 2.45) is 7.05 Å². The molecule has 3 heterocycles. The summed E-state index contributed by atoms with van der Waals surface area (Å²) in [6.45, 7) is 1.20. The number of carbonyl (C=O) groups is 1. The van der Waals surface area contributed by atoms with Gasteiger partial charge in [-0.3, -0.25) is 4.57 Å². The van der Waals surface area contributed by atoms with Crippen molar-refractivity contribution in [2.45, 2.75) is 25.1 Å². The van der Waals surface area contributed by atoms with Gasteiger partial charge in [-0.1, -0.05) is 23.2 Å². The third kappa shape index (κ3) is 4.92. The number of aryl methyl sites for hydroxylation is 1. The number of anilines is 3. The third-order valence-electron chi connectivity index (χ3n) is 5.47. The fourth-order valence-electron chi connectivity index (χ4n) is 3.75. The molecule has 0 aliphatic carbocycles. The van der Waals surface area contributed by atoms with E-state index in [4.69, 9.17) is 23.2 Å². The van der Waals surface area contributed by atoms with Gasteiger partial charge in [0.15, 0.2) is 5.65 Å². The standard InChI is InChI=1S/C20H21Cl2F3N8O/c1-26-19(34)33-5-3-4-11(9-33)28-17-27-8-14-16(31-17)32(2)18(29-14)30-15-12(21)6-10(7-13(15)22)20(23,24)25/h6-8,11H,3-5,9H2,1-2H3,(H,26,34)(H,29,30)(H,27,28,31)/t11-/m1/s1. The molecule has 0 spiro atoms. The van der Waals surface area contributed by atoms with Gasteiger partial charge < -0.3 is 20.9 Å². The number of imidazole rings is 1. The number of hydrogen-bond acceptors (Lipinski definition) is 6. The van der Waals surface area contributed by atoms with E-state index in [2.05, 4.69) is 30.9 Å². The molecule has 34 heavy (non-hydrogen) atoms. The van der Waals surface area contributed by atoms with Crippen LogP contribution in [0.4, 0.5) is 35.5 Å². The second-order valence-electron chi connectivity index (χ2n) is 7.82. The summed E-state index contributed by atoms with van der Waals surface area (Å²) in [5, 5.41) is 8.37. The largest absolute Gasteiger partial charge is 0.416 e. The Morgan fingerprint density at radius 2 is 1.91 bits per heavy atom. The minimum absolute atomic E-state index is 0.0147. The Kier molecular flexibility index (Phi) is 6.63. The molecule has 1 saturated heterocycles. The minimum Gasteiger partial charge on any atom is -0.350 e. The average Bonchev–Trinajstić information content (AvgIpc) is 3.10. The van der Waals surface area contributed by atoms with Crippen LogP contribution in [-0.4, -0.2) is 56.6 Å². The lowest BCUT2D eigenvalue weighted by Crippen LogP contribution is -2.48. The highest BCUT2D eigenvalue weighted by atomic mass is 35.5. The van der Waals surface area contributed by atoms with E-state index in [9.17, 15) is 18.0 Å². The van der Waals surface area contributed by atoms with Gasteiger partial charge in [0.2, 0.25) is 11.9 Å². The van der Waals surface area contributed by atoms with Crippen LogP contribution < -0.4 is 16.0 Å². The van der Waals surface area contributed by atoms with E-state index < -0.39 is 11.7 Å². The fraction of sp³-hybridized carbons (Fsp3) is 0.400. The van der Waals surface area contributed by atoms with Crippen LogP contribution in [0.2, 0.25) is 10.0 Å². The number of alkyl halides is 3. The maximum atomic E-state index is 13.0. The molecule has 1 aliphatic rings. The molecule has 9 nitrogen and oxygen atoms in total. The van der Waals surface area contributed by atoms with Crippen LogP contribution in [0.1, 0.15) is 18.4 Å². The highest BCUT2D eigenvalue weighted by molar-refractivity contribution is 6.39. The van der Waals surface area contributed by atoms with E-state index in [0.29, 0.717) is 30.2 Å². The lowest BCUT2D eigenvalue weighted by molar-refractivity contribution is -0.137. The molecule has 3 N–H and O–H groups in total. The van der Waals surface area contributed by atoms with Crippen LogP contribution >= 0.6 is 23.2 Å². The van der Waals surface area contributed by atoms with Crippen LogP contribution in [0.3, 0.4) is 0 Å². The minimum atomic E-state index is -4.57. The summed E-state index contributed by atoms with van der Waals surface area (Å²) in [6.07, 6.45) is -1.33. The summed E-state index contributed by atoms with van der Waals surface area (Å²) in [5.74, 6) is 0.643. The van der Waals surface area contributed by atoms with E-state index in [1.54, 1.807) is 23.6 Å². The van der Waals surface area contributed by atoms with Gasteiger partial charge in [0.25, 0.3) is 0 Å². The first-order valence-corrected chi connectivity index (χ1v) is 11.1. The maximum absolute atomic E-state index is 13.0. The van der Waals surface area contributed by atoms with Gasteiger partial charge in [-0.05, 0) is 25.0 Å². The number of hydrogen-bond donors (Lipinski definition) is 3. The highest BCUT2D eigenvalue weighted by Gasteiger charge is 2.32. The SMILES string of the molecule is CNC(=O)N1CCC[C@@H](Nc2ncc3nc(Nc4c(Cl)cc(C(F)(F)F)cc4Cl)n(C)c3n2)C1. The summed E-state index contributed by atoms with van der Waals surface area (Å²) in [4.78, 5) is 26.9. The molecule has 14 heteroatoms. The summed E-state index contributed by atoms with van der Waals surface area (Å²) < 4.78 is 40.6. The first kappa shape index (κ1) is 24.1. The second kappa shape index (κ2) is 9.34. The van der Waals surface area contributed by atoms with E-state index in [1.165, 1.54) is 6.20 Å². The van der Waals surface area contributed by atoms with E-state index in [0.717, 1.165) is 25.0 Å². The number of nitrogens with one attached hydrogen (secondary N) is 3. The van der Waals surface area contributed by atoms with Crippen molar-refractivity contribution in [3.63, 3.8) is 0 Å². The molecule has 2 amide bonds. The molecule has 1 aromatic carbocycles. The average molecular weight is 517 g/mol. The predicted octanol–water partition coefficient (Wildman–Crippen LogP) is 4.65. The Labute approximate surface area is 202 Å². The van der Waals surface area contributed by atoms with Crippen LogP contribution in [0.5, 0.6) is 0 Å². The van der Waals surface area contributed by atoms with Gasteiger partial charge in [0.1, 0.15) is 5.52 Å². The van der Waals surface area contributed by atoms with Crippen molar-refractivity contribution < 1.29 is 18.0 Å². The monoisotopic (exact) mass is 516 g/mol. The first-order valence-electron chi connectivity index (χ1n) is 10.3. The number of carbonyl (C=O) groups excluding carboxylic acids is 1. The zero-order chi connectivity index (χ0) is 24.6. The summed E-state index contributed by atoms with van der Waals surface area (Å²) in [5.41, 5.74) is 0.0957. The predicted molar refractivity (Wildman–Crippen MR) is 124 cm³/mol. The molecule has 4 rings (SSSR count). The number of nitrogens with zero attached hydrogens (tertiary/aromatic N) is 5. The third-order valence-corrected chi connectivity index (χ3v) is 6.07. The van der Waals surface area contributed by atoms with Crippen molar-refractivity contribution in [2.75, 3.05) is 30.8 Å². The highest BCUT2D eigenvalue weighted by Crippen LogP contribution is 2.39. The molecule has 0 saturated carbocycles. The first-order chi connectivity index (χ1) is 16.1. The normalized spacial score (nSPS) is 16.6. The number of likely N-dealkylation sites (tertiary alicyclic amines) is 1. The molecule has 0 radical (unpaired) electrons. The Bertz CT molecular complexity index is 1210. The number of fused-ring (bicyclic) bond motifs is 1. The van der Waals surface area contributed by atoms with Crippen molar-refractivity contribution in [3.8, 4) is 0 Å². The van der Waals surface area contributed by atoms with Gasteiger partial charge >= 0.3 is 12.2 Å². The molecule has 182 valence electrons. The van der Waals surface area contributed by atoms with E-state index in [-0.39, 0.29) is 33.8 Å². The zero-order valence-electron chi connectivity index (χ0n) is 18.2. The second-order valence-corrected chi connectivity index (χ2v) is 8.63. The van der Waals surface area contributed by atoms with Crippen molar-refractivity contribution in [1.29, 1.82) is 0 Å². The molecule has 0 bridgehead atoms. The Hall–Kier alpha value is -2.99. The topological polar surface area (TPSA) is 100 Å². The lowest BCUT2D eigenvalue weighted by atomic mass is 10.1. The van der Waals surface area contributed by atoms with Crippen molar-refractivity contribution >= 4 is 58.0 Å². The molecule has 0 unspecified atom stereocenters. The quantitative estimate of drug-likeness (QED) is 0.466. The number of urea groups is 1. The molecule has 1 aliphatic heterocycles. The zero-order valence-corrected chi connectivity index (χ0v) is 19.7. The number of aromatic nitrogens is 4. The van der Waals surface area contributed by atoms with Crippen LogP contribution in [-0.2, 0) is 13.2 Å². The van der Waals surface area contributed by atoms with Gasteiger partial charge in [-0.25, -0.2) is 14.8 Å². The summed E-state index contributed by atoms with van der Waals surface area (Å²) >= 11 is 12.1. The number of benzene rings is 1. The van der Waals surface area contributed by atoms with Crippen molar-refractivity contribution in [3.05, 3.63) is 33.9 Å². The molecule has 2 aromatic heterocycles. The Balaban J connectivity index is 1.56. The molecular weight excluding hydrogens is 496 g/mol. The molecule has 3 aromatic rings. The molecule has 1 fully saturated rings. The van der Waals surface area contributed by atoms with Gasteiger partial charge in [0.05, 0.1) is 27.5 Å². The maximum Gasteiger partial charge on any atom is 0.416 e. The molecular formula is C20H21Cl2F3N8O. The Morgan fingerprint density at radius 3 is 2.56 bits per heavy atom. The van der Waals surface area contributed by atoms with Crippen LogP contribution in [0.25, 0.3) is 11.2 Å². The molecule has 1 atom stereocenters. The number of piperidine rings is 1. The summed E-state index contributed by atoms with van der Waals surface area (Å²) in [6, 6.07) is 1.45.